The van der Waals surface area contributed by atoms with Crippen molar-refractivity contribution >= 4 is 29.7 Å². The molecule has 1 saturated heterocycles. The fraction of sp³-hybridized carbons (Fsp3) is 0.632. The van der Waals surface area contributed by atoms with E-state index in [2.05, 4.69) is 28.0 Å². The Bertz CT molecular complexity index is 656. The van der Waals surface area contributed by atoms with Gasteiger partial charge in [0.2, 0.25) is 29.7 Å². The van der Waals surface area contributed by atoms with Gasteiger partial charge in [0.05, 0.1) is 5.92 Å². The molecule has 8 nitrogen and oxygen atoms in total. The van der Waals surface area contributed by atoms with Crippen LogP contribution < -0.4 is 16.4 Å². The maximum absolute atomic E-state index is 12.5. The van der Waals surface area contributed by atoms with E-state index in [0.717, 1.165) is 17.7 Å². The Morgan fingerprint density at radius 1 is 0.963 bits per heavy atom. The van der Waals surface area contributed by atoms with E-state index in [4.69, 9.17) is 11.5 Å². The lowest BCUT2D eigenvalue weighted by atomic mass is 10.0. The lowest BCUT2D eigenvalue weighted by Crippen LogP contribution is -2.32. The predicted molar refractivity (Wildman–Crippen MR) is 106 cm³/mol. The number of nitrogen functional groups attached to an aromatic ring is 2. The first-order valence-electron chi connectivity index (χ1n) is 9.81. The van der Waals surface area contributed by atoms with Gasteiger partial charge < -0.3 is 11.5 Å². The number of anilines is 3. The Kier molecular flexibility index (Phi) is 8.16. The predicted octanol–water partition coefficient (Wildman–Crippen LogP) is 3.00. The second-order valence-corrected chi connectivity index (χ2v) is 6.94. The van der Waals surface area contributed by atoms with Gasteiger partial charge in [-0.05, 0) is 19.3 Å². The van der Waals surface area contributed by atoms with Crippen LogP contribution >= 0.6 is 0 Å². The van der Waals surface area contributed by atoms with Crippen molar-refractivity contribution < 1.29 is 9.59 Å². The molecule has 0 aliphatic carbocycles. The van der Waals surface area contributed by atoms with Crippen molar-refractivity contribution in [2.24, 2.45) is 5.92 Å². The lowest BCUT2D eigenvalue weighted by molar-refractivity contribution is -0.122. The molecule has 1 aliphatic rings. The number of carbonyl (C=O) groups is 2. The van der Waals surface area contributed by atoms with Crippen LogP contribution in [0.4, 0.5) is 17.8 Å². The fourth-order valence-corrected chi connectivity index (χ4v) is 3.18. The molecule has 2 heterocycles. The van der Waals surface area contributed by atoms with E-state index in [0.29, 0.717) is 6.42 Å². The molecular weight excluding hydrogens is 344 g/mol. The summed E-state index contributed by atoms with van der Waals surface area (Å²) in [4.78, 5) is 37.0. The number of imide groups is 1. The summed E-state index contributed by atoms with van der Waals surface area (Å²) in [6.07, 6.45) is 14.7. The smallest absolute Gasteiger partial charge is 0.245 e. The molecule has 1 aliphatic heterocycles. The third kappa shape index (κ3) is 6.30. The standard InChI is InChI=1S/C19H30N6O2/c1-2-3-4-5-6-7-8-9-10-11-12-14-13-15(26)25(16(14)27)19-23-17(20)22-18(21)24-19/h10-11,14H,2-9,12-13H2,1H3,(H4,20,21,22,23,24). The van der Waals surface area contributed by atoms with Crippen LogP contribution in [-0.2, 0) is 9.59 Å². The van der Waals surface area contributed by atoms with Crippen LogP contribution in [0.5, 0.6) is 0 Å². The molecule has 8 heteroatoms. The summed E-state index contributed by atoms with van der Waals surface area (Å²) in [5.74, 6) is -1.36. The summed E-state index contributed by atoms with van der Waals surface area (Å²) in [7, 11) is 0. The zero-order valence-electron chi connectivity index (χ0n) is 16.1. The molecule has 0 radical (unpaired) electrons. The zero-order chi connectivity index (χ0) is 19.6. The average Bonchev–Trinajstić information content (AvgIpc) is 2.89. The summed E-state index contributed by atoms with van der Waals surface area (Å²) >= 11 is 0. The molecule has 2 rings (SSSR count). The molecule has 1 aromatic rings. The van der Waals surface area contributed by atoms with Gasteiger partial charge in [0.15, 0.2) is 0 Å². The summed E-state index contributed by atoms with van der Waals surface area (Å²) in [5.41, 5.74) is 11.0. The van der Waals surface area contributed by atoms with Crippen LogP contribution in [0.15, 0.2) is 12.2 Å². The number of amides is 2. The van der Waals surface area contributed by atoms with E-state index in [-0.39, 0.29) is 42.0 Å². The maximum atomic E-state index is 12.5. The van der Waals surface area contributed by atoms with Crippen molar-refractivity contribution in [1.82, 2.24) is 15.0 Å². The molecule has 1 aromatic heterocycles. The average molecular weight is 374 g/mol. The van der Waals surface area contributed by atoms with Crippen LogP contribution in [0.25, 0.3) is 0 Å². The molecule has 0 saturated carbocycles. The van der Waals surface area contributed by atoms with E-state index in [1.165, 1.54) is 38.5 Å². The zero-order valence-corrected chi connectivity index (χ0v) is 16.1. The Labute approximate surface area is 160 Å². The van der Waals surface area contributed by atoms with Gasteiger partial charge >= 0.3 is 0 Å². The summed E-state index contributed by atoms with van der Waals surface area (Å²) in [6.45, 7) is 2.22. The Balaban J connectivity index is 1.75. The Morgan fingerprint density at radius 2 is 1.59 bits per heavy atom. The quantitative estimate of drug-likeness (QED) is 0.346. The number of nitrogens with zero attached hydrogens (tertiary/aromatic N) is 4. The maximum Gasteiger partial charge on any atom is 0.245 e. The molecule has 1 atom stereocenters. The molecule has 0 aromatic carbocycles. The highest BCUT2D eigenvalue weighted by atomic mass is 16.2. The van der Waals surface area contributed by atoms with Gasteiger partial charge in [0, 0.05) is 6.42 Å². The number of rotatable bonds is 11. The molecular formula is C19H30N6O2. The molecule has 1 fully saturated rings. The number of aromatic nitrogens is 3. The van der Waals surface area contributed by atoms with Crippen LogP contribution in [0.1, 0.15) is 71.1 Å². The van der Waals surface area contributed by atoms with Crippen LogP contribution in [0.3, 0.4) is 0 Å². The number of allylic oxidation sites excluding steroid dienone is 2. The molecule has 27 heavy (non-hydrogen) atoms. The Hall–Kier alpha value is -2.51. The minimum absolute atomic E-state index is 0.0930. The number of hydrogen-bond acceptors (Lipinski definition) is 7. The Morgan fingerprint density at radius 3 is 2.26 bits per heavy atom. The molecule has 148 valence electrons. The van der Waals surface area contributed by atoms with Crippen molar-refractivity contribution in [2.75, 3.05) is 16.4 Å². The number of unbranched alkanes of at least 4 members (excludes halogenated alkanes) is 7. The SMILES string of the molecule is CCCCCCCCCC=CCC1CC(=O)N(c2nc(N)nc(N)n2)C1=O. The van der Waals surface area contributed by atoms with Gasteiger partial charge in [-0.25, -0.2) is 4.90 Å². The summed E-state index contributed by atoms with van der Waals surface area (Å²) in [5, 5.41) is 0. The first-order chi connectivity index (χ1) is 13.0. The minimum Gasteiger partial charge on any atom is -0.368 e. The van der Waals surface area contributed by atoms with Crippen LogP contribution in [-0.4, -0.2) is 26.8 Å². The van der Waals surface area contributed by atoms with E-state index in [1.807, 2.05) is 6.08 Å². The fourth-order valence-electron chi connectivity index (χ4n) is 3.18. The topological polar surface area (TPSA) is 128 Å². The van der Waals surface area contributed by atoms with Crippen LogP contribution in [0.2, 0.25) is 0 Å². The first-order valence-corrected chi connectivity index (χ1v) is 9.81. The largest absolute Gasteiger partial charge is 0.368 e. The first kappa shape index (κ1) is 20.8. The van der Waals surface area contributed by atoms with Gasteiger partial charge in [-0.1, -0.05) is 57.6 Å². The summed E-state index contributed by atoms with van der Waals surface area (Å²) < 4.78 is 0. The summed E-state index contributed by atoms with van der Waals surface area (Å²) in [6, 6.07) is 0. The second-order valence-electron chi connectivity index (χ2n) is 6.94. The van der Waals surface area contributed by atoms with Gasteiger partial charge in [0.25, 0.3) is 0 Å². The molecule has 0 spiro atoms. The van der Waals surface area contributed by atoms with Crippen molar-refractivity contribution in [3.05, 3.63) is 12.2 Å². The van der Waals surface area contributed by atoms with Crippen molar-refractivity contribution in [3.63, 3.8) is 0 Å². The normalized spacial score (nSPS) is 17.4. The van der Waals surface area contributed by atoms with Crippen molar-refractivity contribution in [2.45, 2.75) is 71.1 Å². The highest BCUT2D eigenvalue weighted by molar-refractivity contribution is 6.20. The van der Waals surface area contributed by atoms with E-state index in [1.54, 1.807) is 0 Å². The monoisotopic (exact) mass is 374 g/mol. The number of carbonyl (C=O) groups excluding carboxylic acids is 2. The van der Waals surface area contributed by atoms with Crippen molar-refractivity contribution in [1.29, 1.82) is 0 Å². The van der Waals surface area contributed by atoms with Gasteiger partial charge in [-0.3, -0.25) is 9.59 Å². The highest BCUT2D eigenvalue weighted by Gasteiger charge is 2.40. The van der Waals surface area contributed by atoms with Crippen molar-refractivity contribution in [3.8, 4) is 0 Å². The molecule has 1 unspecified atom stereocenters. The van der Waals surface area contributed by atoms with Gasteiger partial charge in [0.1, 0.15) is 0 Å². The minimum atomic E-state index is -0.387. The molecule has 2 amide bonds. The van der Waals surface area contributed by atoms with Crippen LogP contribution in [0, 0.1) is 5.92 Å². The van der Waals surface area contributed by atoms with E-state index in [9.17, 15) is 9.59 Å². The number of hydrogen-bond donors (Lipinski definition) is 2. The molecule has 4 N–H and O–H groups in total. The highest BCUT2D eigenvalue weighted by Crippen LogP contribution is 2.27. The van der Waals surface area contributed by atoms with E-state index < -0.39 is 0 Å². The number of nitrogens with two attached hydrogens (primary N) is 2. The second kappa shape index (κ2) is 10.6. The third-order valence-electron chi connectivity index (χ3n) is 4.66. The lowest BCUT2D eigenvalue weighted by Gasteiger charge is -2.12. The van der Waals surface area contributed by atoms with E-state index >= 15 is 0 Å². The third-order valence-corrected chi connectivity index (χ3v) is 4.66. The molecule has 0 bridgehead atoms. The van der Waals surface area contributed by atoms with Gasteiger partial charge in [-0.15, -0.1) is 0 Å². The van der Waals surface area contributed by atoms with Gasteiger partial charge in [-0.2, -0.15) is 15.0 Å².